The summed E-state index contributed by atoms with van der Waals surface area (Å²) in [6.45, 7) is 2.10. The summed E-state index contributed by atoms with van der Waals surface area (Å²) in [5.41, 5.74) is 3.61. The third-order valence-electron chi connectivity index (χ3n) is 3.80. The second-order valence-electron chi connectivity index (χ2n) is 5.24. The van der Waals surface area contributed by atoms with Crippen molar-refractivity contribution in [2.75, 3.05) is 13.1 Å². The minimum absolute atomic E-state index is 0.0143. The minimum atomic E-state index is 0.0143. The quantitative estimate of drug-likeness (QED) is 0.939. The van der Waals surface area contributed by atoms with Gasteiger partial charge >= 0.3 is 6.03 Å². The topological polar surface area (TPSA) is 45.2 Å². The van der Waals surface area contributed by atoms with Crippen LogP contribution in [0.1, 0.15) is 16.8 Å². The lowest BCUT2D eigenvalue weighted by Crippen LogP contribution is -2.43. The number of benzene rings is 1. The van der Waals surface area contributed by atoms with Crippen molar-refractivity contribution in [2.45, 2.75) is 19.4 Å². The van der Waals surface area contributed by atoms with Crippen molar-refractivity contribution >= 4 is 6.03 Å². The summed E-state index contributed by atoms with van der Waals surface area (Å²) in [4.78, 5) is 18.3. The van der Waals surface area contributed by atoms with Gasteiger partial charge in [0.25, 0.3) is 0 Å². The molecule has 3 rings (SSSR count). The number of fused-ring (bicyclic) bond motifs is 1. The first kappa shape index (κ1) is 13.6. The molecule has 2 amide bonds. The maximum atomic E-state index is 12.2. The van der Waals surface area contributed by atoms with Gasteiger partial charge in [-0.2, -0.15) is 0 Å². The zero-order valence-corrected chi connectivity index (χ0v) is 12.0. The zero-order chi connectivity index (χ0) is 14.5. The highest BCUT2D eigenvalue weighted by atomic mass is 16.2. The molecule has 0 aliphatic carbocycles. The van der Waals surface area contributed by atoms with E-state index in [9.17, 15) is 4.79 Å². The zero-order valence-electron chi connectivity index (χ0n) is 12.0. The Morgan fingerprint density at radius 1 is 1.14 bits per heavy atom. The first-order chi connectivity index (χ1) is 10.3. The molecule has 0 saturated carbocycles. The smallest absolute Gasteiger partial charge is 0.317 e. The third-order valence-corrected chi connectivity index (χ3v) is 3.80. The van der Waals surface area contributed by atoms with E-state index in [2.05, 4.69) is 28.5 Å². The molecule has 2 aromatic rings. The molecule has 1 aliphatic rings. The molecule has 1 aromatic heterocycles. The molecule has 0 saturated heterocycles. The van der Waals surface area contributed by atoms with Crippen LogP contribution in [0, 0.1) is 0 Å². The van der Waals surface area contributed by atoms with Crippen LogP contribution in [0.5, 0.6) is 0 Å². The molecule has 1 aliphatic heterocycles. The van der Waals surface area contributed by atoms with Crippen LogP contribution >= 0.6 is 0 Å². The van der Waals surface area contributed by atoms with E-state index >= 15 is 0 Å². The number of rotatable bonds is 3. The third kappa shape index (κ3) is 3.40. The molecule has 4 nitrogen and oxygen atoms in total. The fraction of sp³-hybridized carbons (Fsp3) is 0.294. The largest absolute Gasteiger partial charge is 0.338 e. The van der Waals surface area contributed by atoms with Crippen LogP contribution in [0.2, 0.25) is 0 Å². The number of aromatic nitrogens is 1. The van der Waals surface area contributed by atoms with Crippen molar-refractivity contribution in [2.24, 2.45) is 0 Å². The summed E-state index contributed by atoms with van der Waals surface area (Å²) in [5, 5.41) is 2.98. The van der Waals surface area contributed by atoms with Gasteiger partial charge in [0.1, 0.15) is 0 Å². The number of carbonyl (C=O) groups excluding carboxylic acids is 1. The Kier molecular flexibility index (Phi) is 4.15. The Morgan fingerprint density at radius 3 is 2.76 bits per heavy atom. The number of hydrogen-bond donors (Lipinski definition) is 1. The molecular formula is C17H19N3O. The fourth-order valence-corrected chi connectivity index (χ4v) is 2.62. The number of carbonyl (C=O) groups is 1. The second-order valence-corrected chi connectivity index (χ2v) is 5.24. The highest BCUT2D eigenvalue weighted by Gasteiger charge is 2.19. The van der Waals surface area contributed by atoms with Gasteiger partial charge in [0.2, 0.25) is 0 Å². The number of nitrogens with zero attached hydrogens (tertiary/aromatic N) is 2. The van der Waals surface area contributed by atoms with Gasteiger partial charge in [0.15, 0.2) is 0 Å². The highest BCUT2D eigenvalue weighted by molar-refractivity contribution is 5.74. The highest BCUT2D eigenvalue weighted by Crippen LogP contribution is 2.18. The van der Waals surface area contributed by atoms with E-state index in [0.717, 1.165) is 25.1 Å². The van der Waals surface area contributed by atoms with E-state index in [4.69, 9.17) is 0 Å². The van der Waals surface area contributed by atoms with E-state index in [1.165, 1.54) is 11.1 Å². The summed E-state index contributed by atoms with van der Waals surface area (Å²) in [5.74, 6) is 0. The summed E-state index contributed by atoms with van der Waals surface area (Å²) in [6.07, 6.45) is 3.47. The van der Waals surface area contributed by atoms with Crippen LogP contribution < -0.4 is 5.32 Å². The molecule has 0 atom stereocenters. The van der Waals surface area contributed by atoms with Crippen molar-refractivity contribution in [1.29, 1.82) is 0 Å². The maximum Gasteiger partial charge on any atom is 0.317 e. The van der Waals surface area contributed by atoms with E-state index in [0.29, 0.717) is 13.1 Å². The first-order valence-electron chi connectivity index (χ1n) is 7.32. The van der Waals surface area contributed by atoms with Gasteiger partial charge in [-0.15, -0.1) is 0 Å². The molecule has 21 heavy (non-hydrogen) atoms. The predicted octanol–water partition coefficient (Wildman–Crippen LogP) is 2.39. The van der Waals surface area contributed by atoms with Crippen molar-refractivity contribution in [3.05, 3.63) is 65.5 Å². The first-order valence-corrected chi connectivity index (χ1v) is 7.32. The lowest BCUT2D eigenvalue weighted by molar-refractivity contribution is 0.192. The van der Waals surface area contributed by atoms with Crippen molar-refractivity contribution in [3.63, 3.8) is 0 Å². The monoisotopic (exact) mass is 281 g/mol. The maximum absolute atomic E-state index is 12.2. The lowest BCUT2D eigenvalue weighted by atomic mass is 10.0. The molecule has 108 valence electrons. The normalized spacial score (nSPS) is 13.6. The lowest BCUT2D eigenvalue weighted by Gasteiger charge is -2.28. The van der Waals surface area contributed by atoms with Crippen molar-refractivity contribution in [1.82, 2.24) is 15.2 Å². The molecule has 0 bridgehead atoms. The van der Waals surface area contributed by atoms with Crippen LogP contribution in [0.4, 0.5) is 4.79 Å². The van der Waals surface area contributed by atoms with Crippen LogP contribution in [0.25, 0.3) is 0 Å². The molecule has 0 unspecified atom stereocenters. The molecule has 1 aromatic carbocycles. The number of amides is 2. The Balaban J connectivity index is 1.50. The molecule has 2 heterocycles. The van der Waals surface area contributed by atoms with Crippen LogP contribution in [-0.2, 0) is 19.4 Å². The van der Waals surface area contributed by atoms with Crippen molar-refractivity contribution in [3.8, 4) is 0 Å². The van der Waals surface area contributed by atoms with Crippen LogP contribution in [0.3, 0.4) is 0 Å². The standard InChI is InChI=1S/C17H19N3O/c21-17(19-11-8-16-7-3-4-10-18-16)20-12-9-14-5-1-2-6-15(14)13-20/h1-7,10H,8-9,11-13H2,(H,19,21). The number of urea groups is 1. The van der Waals surface area contributed by atoms with Gasteiger partial charge in [-0.25, -0.2) is 4.79 Å². The summed E-state index contributed by atoms with van der Waals surface area (Å²) in [6, 6.07) is 14.2. The second kappa shape index (κ2) is 6.39. The van der Waals surface area contributed by atoms with Crippen LogP contribution in [-0.4, -0.2) is 29.0 Å². The van der Waals surface area contributed by atoms with Gasteiger partial charge in [0, 0.05) is 37.9 Å². The molecule has 0 radical (unpaired) electrons. The summed E-state index contributed by atoms with van der Waals surface area (Å²) < 4.78 is 0. The van der Waals surface area contributed by atoms with E-state index < -0.39 is 0 Å². The molecule has 0 spiro atoms. The van der Waals surface area contributed by atoms with Crippen molar-refractivity contribution < 1.29 is 4.79 Å². The SMILES string of the molecule is O=C(NCCc1ccccn1)N1CCc2ccccc2C1. The Morgan fingerprint density at radius 2 is 1.95 bits per heavy atom. The average molecular weight is 281 g/mol. The number of hydrogen-bond acceptors (Lipinski definition) is 2. The Labute approximate surface area is 124 Å². The van der Waals surface area contributed by atoms with Gasteiger partial charge < -0.3 is 10.2 Å². The fourth-order valence-electron chi connectivity index (χ4n) is 2.62. The van der Waals surface area contributed by atoms with E-state index in [1.807, 2.05) is 29.2 Å². The van der Waals surface area contributed by atoms with Gasteiger partial charge in [0.05, 0.1) is 0 Å². The Bertz CT molecular complexity index is 612. The summed E-state index contributed by atoms with van der Waals surface area (Å²) in [7, 11) is 0. The Hall–Kier alpha value is -2.36. The molecular weight excluding hydrogens is 262 g/mol. The van der Waals surface area contributed by atoms with E-state index in [1.54, 1.807) is 6.20 Å². The molecule has 1 N–H and O–H groups in total. The number of nitrogens with one attached hydrogen (secondary N) is 1. The predicted molar refractivity (Wildman–Crippen MR) is 81.9 cm³/mol. The summed E-state index contributed by atoms with van der Waals surface area (Å²) >= 11 is 0. The van der Waals surface area contributed by atoms with Gasteiger partial charge in [-0.3, -0.25) is 4.98 Å². The molecule has 4 heteroatoms. The molecule has 0 fully saturated rings. The average Bonchev–Trinajstić information content (AvgIpc) is 2.55. The van der Waals surface area contributed by atoms with Gasteiger partial charge in [-0.1, -0.05) is 30.3 Å². The number of pyridine rings is 1. The van der Waals surface area contributed by atoms with Gasteiger partial charge in [-0.05, 0) is 29.7 Å². The minimum Gasteiger partial charge on any atom is -0.338 e. The van der Waals surface area contributed by atoms with E-state index in [-0.39, 0.29) is 6.03 Å². The van der Waals surface area contributed by atoms with Crippen LogP contribution in [0.15, 0.2) is 48.7 Å².